The molecule has 2 saturated carbocycles. The molecular weight excluding hydrogens is 568 g/mol. The second-order valence-electron chi connectivity index (χ2n) is 12.6. The second kappa shape index (κ2) is 11.2. The summed E-state index contributed by atoms with van der Waals surface area (Å²) in [5.41, 5.74) is 2.43. The summed E-state index contributed by atoms with van der Waals surface area (Å²) < 4.78 is 61.5. The minimum Gasteiger partial charge on any atom is -0.369 e. The maximum Gasteiger partial charge on any atom is 0.271 e. The summed E-state index contributed by atoms with van der Waals surface area (Å²) >= 11 is 0. The Morgan fingerprint density at radius 2 is 1.84 bits per heavy atom. The minimum atomic E-state index is -2.94. The number of halogens is 4. The van der Waals surface area contributed by atoms with Gasteiger partial charge >= 0.3 is 0 Å². The standard InChI is InChI=1S/C30H36F4N6O3/c1-16(2)40-22(8-10-35-40)28(42)39-26(23-7-9-29(31,32)15-43-23)27-36-20-6-5-19(12-21(20)37-27)25(18-3-4-18)38-24(41)11-17-13-30(33,34)14-17/h5-6,8,10,12,16-18,23,25-26H,3-4,7,9,11,13-15H2,1-2H3,(H,36,37)(H,38,41)(H,39,42)/t23-,25?,26+/m1/s1. The van der Waals surface area contributed by atoms with E-state index in [9.17, 15) is 27.2 Å². The van der Waals surface area contributed by atoms with Crippen LogP contribution in [0.2, 0.25) is 0 Å². The molecule has 0 radical (unpaired) electrons. The zero-order valence-electron chi connectivity index (χ0n) is 24.1. The van der Waals surface area contributed by atoms with Crippen LogP contribution in [-0.2, 0) is 9.53 Å². The fraction of sp³-hybridized carbons (Fsp3) is 0.600. The number of nitrogens with one attached hydrogen (secondary N) is 3. The molecule has 3 N–H and O–H groups in total. The molecule has 13 heteroatoms. The molecule has 0 bridgehead atoms. The largest absolute Gasteiger partial charge is 0.369 e. The number of aromatic nitrogens is 4. The molecule has 1 saturated heterocycles. The molecule has 1 aliphatic heterocycles. The molecule has 2 amide bonds. The highest BCUT2D eigenvalue weighted by atomic mass is 19.3. The average Bonchev–Trinajstić information content (AvgIpc) is 3.47. The van der Waals surface area contributed by atoms with E-state index in [0.717, 1.165) is 18.4 Å². The third-order valence-corrected chi connectivity index (χ3v) is 8.59. The van der Waals surface area contributed by atoms with Gasteiger partial charge in [0.05, 0.1) is 23.2 Å². The maximum absolute atomic E-state index is 13.9. The fourth-order valence-electron chi connectivity index (χ4n) is 6.17. The number of ether oxygens (including phenoxy) is 1. The van der Waals surface area contributed by atoms with Gasteiger partial charge in [-0.2, -0.15) is 5.10 Å². The van der Waals surface area contributed by atoms with Crippen LogP contribution in [0.1, 0.15) is 98.8 Å². The van der Waals surface area contributed by atoms with Gasteiger partial charge in [-0.1, -0.05) is 6.07 Å². The number of hydrogen-bond donors (Lipinski definition) is 3. The highest BCUT2D eigenvalue weighted by Crippen LogP contribution is 2.45. The molecule has 0 spiro atoms. The van der Waals surface area contributed by atoms with Crippen molar-refractivity contribution in [2.24, 2.45) is 11.8 Å². The zero-order chi connectivity index (χ0) is 30.5. The average molecular weight is 605 g/mol. The molecule has 1 aromatic carbocycles. The van der Waals surface area contributed by atoms with E-state index < -0.39 is 36.5 Å². The summed E-state index contributed by atoms with van der Waals surface area (Å²) in [7, 11) is 0. The van der Waals surface area contributed by atoms with Crippen molar-refractivity contribution in [1.82, 2.24) is 30.4 Å². The van der Waals surface area contributed by atoms with Crippen LogP contribution >= 0.6 is 0 Å². The molecular formula is C30H36F4N6O3. The van der Waals surface area contributed by atoms with Gasteiger partial charge in [-0.25, -0.2) is 22.5 Å². The van der Waals surface area contributed by atoms with Gasteiger partial charge in [-0.15, -0.1) is 0 Å². The number of hydrogen-bond acceptors (Lipinski definition) is 5. The van der Waals surface area contributed by atoms with Gasteiger partial charge in [0.2, 0.25) is 11.8 Å². The molecule has 43 heavy (non-hydrogen) atoms. The first kappa shape index (κ1) is 29.6. The van der Waals surface area contributed by atoms with Gasteiger partial charge in [-0.3, -0.25) is 14.3 Å². The van der Waals surface area contributed by atoms with Crippen molar-refractivity contribution in [2.45, 2.75) is 94.9 Å². The van der Waals surface area contributed by atoms with E-state index in [0.29, 0.717) is 22.6 Å². The monoisotopic (exact) mass is 604 g/mol. The molecule has 1 unspecified atom stereocenters. The van der Waals surface area contributed by atoms with E-state index in [2.05, 4.69) is 20.7 Å². The Morgan fingerprint density at radius 3 is 2.49 bits per heavy atom. The number of fused-ring (bicyclic) bond motifs is 1. The van der Waals surface area contributed by atoms with Crippen LogP contribution in [0, 0.1) is 11.8 Å². The molecule has 3 aromatic rings. The smallest absolute Gasteiger partial charge is 0.271 e. The highest BCUT2D eigenvalue weighted by molar-refractivity contribution is 5.93. The fourth-order valence-corrected chi connectivity index (χ4v) is 6.17. The van der Waals surface area contributed by atoms with E-state index in [4.69, 9.17) is 9.72 Å². The molecule has 6 rings (SSSR count). The predicted octanol–water partition coefficient (Wildman–Crippen LogP) is 5.63. The van der Waals surface area contributed by atoms with Crippen LogP contribution in [-0.4, -0.2) is 56.1 Å². The van der Waals surface area contributed by atoms with E-state index in [1.54, 1.807) is 16.8 Å². The van der Waals surface area contributed by atoms with Gasteiger partial charge < -0.3 is 20.4 Å². The molecule has 3 heterocycles. The predicted molar refractivity (Wildman–Crippen MR) is 149 cm³/mol. The lowest BCUT2D eigenvalue weighted by molar-refractivity contribution is -0.151. The quantitative estimate of drug-likeness (QED) is 0.260. The van der Waals surface area contributed by atoms with Crippen LogP contribution in [0.25, 0.3) is 11.0 Å². The van der Waals surface area contributed by atoms with E-state index in [1.807, 2.05) is 26.0 Å². The molecule has 2 aromatic heterocycles. The van der Waals surface area contributed by atoms with Gasteiger partial charge in [0.15, 0.2) is 0 Å². The van der Waals surface area contributed by atoms with Crippen molar-refractivity contribution >= 4 is 22.8 Å². The Morgan fingerprint density at radius 1 is 1.07 bits per heavy atom. The Bertz CT molecular complexity index is 1480. The Kier molecular flexibility index (Phi) is 7.72. The summed E-state index contributed by atoms with van der Waals surface area (Å²) in [6.07, 6.45) is 1.90. The molecule has 3 atom stereocenters. The van der Waals surface area contributed by atoms with E-state index in [-0.39, 0.29) is 61.9 Å². The third-order valence-electron chi connectivity index (χ3n) is 8.59. The van der Waals surface area contributed by atoms with E-state index >= 15 is 0 Å². The first-order chi connectivity index (χ1) is 20.4. The van der Waals surface area contributed by atoms with Gasteiger partial charge in [-0.05, 0) is 68.7 Å². The van der Waals surface area contributed by atoms with E-state index in [1.165, 1.54) is 6.20 Å². The number of imidazole rings is 1. The zero-order valence-corrected chi connectivity index (χ0v) is 24.1. The molecule has 9 nitrogen and oxygen atoms in total. The lowest BCUT2D eigenvalue weighted by atomic mass is 9.79. The van der Waals surface area contributed by atoms with Crippen molar-refractivity contribution in [3.63, 3.8) is 0 Å². The van der Waals surface area contributed by atoms with Gasteiger partial charge in [0, 0.05) is 37.9 Å². The SMILES string of the molecule is CC(C)n1nccc1C(=O)N[C@H](c1nc2ccc(C(NC(=O)CC3CC(F)(F)C3)C3CC3)cc2[nH]1)[C@H]1CCC(F)(F)CO1. The number of alkyl halides is 4. The number of nitrogens with zero attached hydrogens (tertiary/aromatic N) is 3. The summed E-state index contributed by atoms with van der Waals surface area (Å²) in [5, 5.41) is 10.2. The number of amides is 2. The maximum atomic E-state index is 13.9. The molecule has 2 aliphatic carbocycles. The second-order valence-corrected chi connectivity index (χ2v) is 12.6. The first-order valence-corrected chi connectivity index (χ1v) is 14.9. The number of H-pyrrole nitrogens is 1. The van der Waals surface area contributed by atoms with Crippen LogP contribution in [0.4, 0.5) is 17.6 Å². The van der Waals surface area contributed by atoms with Crippen molar-refractivity contribution in [1.29, 1.82) is 0 Å². The number of carbonyl (C=O) groups is 2. The lowest BCUT2D eigenvalue weighted by Gasteiger charge is -2.34. The number of benzene rings is 1. The summed E-state index contributed by atoms with van der Waals surface area (Å²) in [6.45, 7) is 3.04. The van der Waals surface area contributed by atoms with Gasteiger partial charge in [0.25, 0.3) is 11.8 Å². The van der Waals surface area contributed by atoms with Gasteiger partial charge in [0.1, 0.15) is 24.2 Å². The number of carbonyl (C=O) groups excluding carboxylic acids is 2. The Balaban J connectivity index is 1.24. The van der Waals surface area contributed by atoms with Crippen molar-refractivity contribution < 1.29 is 31.9 Å². The molecule has 232 valence electrons. The highest BCUT2D eigenvalue weighted by Gasteiger charge is 2.46. The minimum absolute atomic E-state index is 0.0202. The Hall–Kier alpha value is -3.48. The lowest BCUT2D eigenvalue weighted by Crippen LogP contribution is -2.44. The van der Waals surface area contributed by atoms with Crippen LogP contribution in [0.15, 0.2) is 30.5 Å². The van der Waals surface area contributed by atoms with Crippen molar-refractivity contribution in [3.8, 4) is 0 Å². The topological polar surface area (TPSA) is 114 Å². The molecule has 3 fully saturated rings. The number of aromatic amines is 1. The van der Waals surface area contributed by atoms with Crippen molar-refractivity contribution in [2.75, 3.05) is 6.61 Å². The van der Waals surface area contributed by atoms with Crippen LogP contribution in [0.5, 0.6) is 0 Å². The summed E-state index contributed by atoms with van der Waals surface area (Å²) in [4.78, 5) is 34.0. The normalized spacial score (nSPS) is 23.1. The summed E-state index contributed by atoms with van der Waals surface area (Å²) in [5.74, 6) is -5.96. The third kappa shape index (κ3) is 6.56. The number of rotatable bonds is 10. The van der Waals surface area contributed by atoms with Crippen LogP contribution in [0.3, 0.4) is 0 Å². The Labute approximate surface area is 246 Å². The van der Waals surface area contributed by atoms with Crippen LogP contribution < -0.4 is 10.6 Å². The molecule has 3 aliphatic rings. The summed E-state index contributed by atoms with van der Waals surface area (Å²) in [6, 6.07) is 5.99. The first-order valence-electron chi connectivity index (χ1n) is 14.9. The van der Waals surface area contributed by atoms with Crippen molar-refractivity contribution in [3.05, 3.63) is 47.5 Å².